The molecule has 1 amide bonds. The van der Waals surface area contributed by atoms with Crippen LogP contribution in [0.25, 0.3) is 5.69 Å². The molecule has 7 nitrogen and oxygen atoms in total. The molecular formula is C15H15F3N4O3. The van der Waals surface area contributed by atoms with Gasteiger partial charge in [0.25, 0.3) is 11.6 Å². The highest BCUT2D eigenvalue weighted by Crippen LogP contribution is 2.19. The standard InChI is InChI=1S/C15H15F3N4O3/c1-2-7-20(10-15(16,17)18)14(23)13-6-8-21(19-13)11-4-3-5-12(9-11)22(24)25/h3-6,8-9H,2,7,10H2,1H3. The minimum atomic E-state index is -4.51. The van der Waals surface area contributed by atoms with Crippen LogP contribution in [0.15, 0.2) is 36.5 Å². The third-order valence-electron chi connectivity index (χ3n) is 3.26. The number of nitro groups is 1. The van der Waals surface area contributed by atoms with Gasteiger partial charge in [-0.1, -0.05) is 13.0 Å². The van der Waals surface area contributed by atoms with Crippen LogP contribution in [-0.4, -0.2) is 44.8 Å². The zero-order valence-electron chi connectivity index (χ0n) is 13.2. The highest BCUT2D eigenvalue weighted by molar-refractivity contribution is 5.92. The summed E-state index contributed by atoms with van der Waals surface area (Å²) < 4.78 is 39.0. The van der Waals surface area contributed by atoms with E-state index in [-0.39, 0.29) is 17.9 Å². The van der Waals surface area contributed by atoms with Gasteiger partial charge in [0.15, 0.2) is 5.69 Å². The fourth-order valence-corrected chi connectivity index (χ4v) is 2.23. The number of non-ortho nitro benzene ring substituents is 1. The Morgan fingerprint density at radius 2 is 2.08 bits per heavy atom. The van der Waals surface area contributed by atoms with Crippen LogP contribution in [0.1, 0.15) is 23.8 Å². The average molecular weight is 356 g/mol. The van der Waals surface area contributed by atoms with Crippen LogP contribution in [0.5, 0.6) is 0 Å². The van der Waals surface area contributed by atoms with E-state index in [4.69, 9.17) is 0 Å². The van der Waals surface area contributed by atoms with Crippen molar-refractivity contribution in [2.45, 2.75) is 19.5 Å². The van der Waals surface area contributed by atoms with E-state index in [1.54, 1.807) is 6.92 Å². The first kappa shape index (κ1) is 18.4. The van der Waals surface area contributed by atoms with Crippen molar-refractivity contribution in [1.82, 2.24) is 14.7 Å². The Hall–Kier alpha value is -2.91. The van der Waals surface area contributed by atoms with Gasteiger partial charge in [-0.25, -0.2) is 4.68 Å². The minimum absolute atomic E-state index is 0.0536. The molecule has 0 atom stereocenters. The van der Waals surface area contributed by atoms with E-state index < -0.39 is 23.6 Å². The largest absolute Gasteiger partial charge is 0.406 e. The highest BCUT2D eigenvalue weighted by Gasteiger charge is 2.33. The Labute approximate surface area is 140 Å². The van der Waals surface area contributed by atoms with Crippen LogP contribution in [0.3, 0.4) is 0 Å². The summed E-state index contributed by atoms with van der Waals surface area (Å²) >= 11 is 0. The zero-order valence-corrected chi connectivity index (χ0v) is 13.2. The number of nitrogens with zero attached hydrogens (tertiary/aromatic N) is 4. The Balaban J connectivity index is 2.25. The molecule has 1 heterocycles. The highest BCUT2D eigenvalue weighted by atomic mass is 19.4. The molecule has 1 aromatic carbocycles. The van der Waals surface area contributed by atoms with Gasteiger partial charge < -0.3 is 4.90 Å². The first-order valence-electron chi connectivity index (χ1n) is 7.38. The van der Waals surface area contributed by atoms with E-state index in [0.717, 1.165) is 0 Å². The van der Waals surface area contributed by atoms with Crippen LogP contribution in [0.4, 0.5) is 18.9 Å². The van der Waals surface area contributed by atoms with Gasteiger partial charge in [0.1, 0.15) is 6.54 Å². The Morgan fingerprint density at radius 3 is 2.68 bits per heavy atom. The molecule has 0 aliphatic carbocycles. The number of aromatic nitrogens is 2. The number of benzene rings is 1. The van der Waals surface area contributed by atoms with Gasteiger partial charge in [-0.15, -0.1) is 0 Å². The van der Waals surface area contributed by atoms with Crippen LogP contribution < -0.4 is 0 Å². The molecule has 0 spiro atoms. The molecule has 0 fully saturated rings. The number of hydrogen-bond donors (Lipinski definition) is 0. The molecule has 2 rings (SSSR count). The maximum absolute atomic E-state index is 12.6. The summed E-state index contributed by atoms with van der Waals surface area (Å²) in [6, 6.07) is 6.81. The molecule has 0 bridgehead atoms. The molecule has 0 unspecified atom stereocenters. The minimum Gasteiger partial charge on any atom is -0.328 e. The number of carbonyl (C=O) groups is 1. The monoisotopic (exact) mass is 356 g/mol. The second-order valence-electron chi connectivity index (χ2n) is 5.26. The fourth-order valence-electron chi connectivity index (χ4n) is 2.23. The van der Waals surface area contributed by atoms with E-state index >= 15 is 0 Å². The zero-order chi connectivity index (χ0) is 18.6. The summed E-state index contributed by atoms with van der Waals surface area (Å²) in [5.74, 6) is -0.844. The van der Waals surface area contributed by atoms with E-state index in [9.17, 15) is 28.1 Å². The lowest BCUT2D eigenvalue weighted by Gasteiger charge is -2.22. The van der Waals surface area contributed by atoms with Gasteiger partial charge in [0, 0.05) is 24.9 Å². The number of amides is 1. The quantitative estimate of drug-likeness (QED) is 0.588. The first-order chi connectivity index (χ1) is 11.7. The predicted molar refractivity (Wildman–Crippen MR) is 82.5 cm³/mol. The molecule has 0 aliphatic rings. The van der Waals surface area contributed by atoms with Crippen LogP contribution >= 0.6 is 0 Å². The van der Waals surface area contributed by atoms with Crippen molar-refractivity contribution >= 4 is 11.6 Å². The Morgan fingerprint density at radius 1 is 1.36 bits per heavy atom. The number of alkyl halides is 3. The topological polar surface area (TPSA) is 81.3 Å². The summed E-state index contributed by atoms with van der Waals surface area (Å²) in [6.45, 7) is 0.254. The van der Waals surface area contributed by atoms with Gasteiger partial charge in [0.05, 0.1) is 10.6 Å². The molecule has 134 valence electrons. The van der Waals surface area contributed by atoms with E-state index in [1.165, 1.54) is 41.2 Å². The SMILES string of the molecule is CCCN(CC(F)(F)F)C(=O)c1ccn(-c2cccc([N+](=O)[O-])c2)n1. The van der Waals surface area contributed by atoms with E-state index in [0.29, 0.717) is 17.0 Å². The molecule has 0 N–H and O–H groups in total. The van der Waals surface area contributed by atoms with Crippen LogP contribution in [0.2, 0.25) is 0 Å². The maximum Gasteiger partial charge on any atom is 0.406 e. The van der Waals surface area contributed by atoms with Gasteiger partial charge in [0.2, 0.25) is 0 Å². The summed E-state index contributed by atoms with van der Waals surface area (Å²) in [4.78, 5) is 23.2. The fraction of sp³-hybridized carbons (Fsp3) is 0.333. The van der Waals surface area contributed by atoms with Crippen molar-refractivity contribution in [3.05, 3.63) is 52.3 Å². The van der Waals surface area contributed by atoms with Crippen molar-refractivity contribution in [3.63, 3.8) is 0 Å². The maximum atomic E-state index is 12.6. The second-order valence-corrected chi connectivity index (χ2v) is 5.26. The average Bonchev–Trinajstić information content (AvgIpc) is 3.02. The Kier molecular flexibility index (Phi) is 5.40. The van der Waals surface area contributed by atoms with Crippen LogP contribution in [0, 0.1) is 10.1 Å². The van der Waals surface area contributed by atoms with Gasteiger partial charge in [-0.05, 0) is 18.6 Å². The molecule has 2 aromatic rings. The normalized spacial score (nSPS) is 11.4. The number of carbonyl (C=O) groups excluding carboxylic acids is 1. The summed E-state index contributed by atoms with van der Waals surface area (Å²) in [5.41, 5.74) is 0.000812. The smallest absolute Gasteiger partial charge is 0.328 e. The van der Waals surface area contributed by atoms with Gasteiger partial charge >= 0.3 is 6.18 Å². The predicted octanol–water partition coefficient (Wildman–Crippen LogP) is 3.20. The second kappa shape index (κ2) is 7.32. The summed E-state index contributed by atoms with van der Waals surface area (Å²) in [5, 5.41) is 14.8. The summed E-state index contributed by atoms with van der Waals surface area (Å²) in [7, 11) is 0. The molecule has 25 heavy (non-hydrogen) atoms. The van der Waals surface area contributed by atoms with Crippen molar-refractivity contribution in [3.8, 4) is 5.69 Å². The Bertz CT molecular complexity index is 773. The molecule has 0 saturated heterocycles. The third-order valence-corrected chi connectivity index (χ3v) is 3.26. The van der Waals surface area contributed by atoms with E-state index in [1.807, 2.05) is 0 Å². The van der Waals surface area contributed by atoms with Gasteiger partial charge in [-0.2, -0.15) is 18.3 Å². The number of halogens is 3. The molecule has 0 radical (unpaired) electrons. The van der Waals surface area contributed by atoms with E-state index in [2.05, 4.69) is 5.10 Å². The molecule has 1 aromatic heterocycles. The van der Waals surface area contributed by atoms with Crippen molar-refractivity contribution in [2.24, 2.45) is 0 Å². The molecule has 0 aliphatic heterocycles. The first-order valence-corrected chi connectivity index (χ1v) is 7.38. The van der Waals surface area contributed by atoms with Gasteiger partial charge in [-0.3, -0.25) is 14.9 Å². The third kappa shape index (κ3) is 4.78. The molecule has 10 heteroatoms. The summed E-state index contributed by atoms with van der Waals surface area (Å²) in [6.07, 6.45) is -2.77. The van der Waals surface area contributed by atoms with Crippen LogP contribution in [-0.2, 0) is 0 Å². The molecular weight excluding hydrogens is 341 g/mol. The number of rotatable bonds is 6. The lowest BCUT2D eigenvalue weighted by atomic mass is 10.3. The number of hydrogen-bond acceptors (Lipinski definition) is 4. The lowest BCUT2D eigenvalue weighted by molar-refractivity contribution is -0.384. The van der Waals surface area contributed by atoms with Crippen molar-refractivity contribution < 1.29 is 22.9 Å². The lowest BCUT2D eigenvalue weighted by Crippen LogP contribution is -2.39. The van der Waals surface area contributed by atoms with Crippen molar-refractivity contribution in [2.75, 3.05) is 13.1 Å². The van der Waals surface area contributed by atoms with Crippen molar-refractivity contribution in [1.29, 1.82) is 0 Å². The molecule has 0 saturated carbocycles. The number of nitro benzene ring substituents is 1.